The number of hydrogen-bond acceptors (Lipinski definition) is 6. The molecule has 144 valence electrons. The molecular weight excluding hydrogens is 378 g/mol. The Bertz CT molecular complexity index is 1070. The molecular formula is C20H20ClN5O2. The Hall–Kier alpha value is -2.66. The number of aliphatic hydroxyl groups is 2. The summed E-state index contributed by atoms with van der Waals surface area (Å²) in [6.07, 6.45) is 1.23. The highest BCUT2D eigenvalue weighted by molar-refractivity contribution is 6.31. The number of hydrogen-bond donors (Lipinski definition) is 3. The van der Waals surface area contributed by atoms with Crippen LogP contribution >= 0.6 is 11.6 Å². The van der Waals surface area contributed by atoms with Gasteiger partial charge in [0.1, 0.15) is 6.10 Å². The first-order valence-corrected chi connectivity index (χ1v) is 9.57. The third-order valence-electron chi connectivity index (χ3n) is 4.85. The predicted molar refractivity (Wildman–Crippen MR) is 107 cm³/mol. The number of halogens is 1. The van der Waals surface area contributed by atoms with Crippen LogP contribution in [-0.2, 0) is 0 Å². The molecule has 1 saturated carbocycles. The molecule has 1 aromatic carbocycles. The number of aliphatic hydroxyl groups excluding tert-OH is 2. The molecule has 0 spiro atoms. The minimum absolute atomic E-state index is 0.284. The van der Waals surface area contributed by atoms with Gasteiger partial charge in [-0.2, -0.15) is 0 Å². The number of rotatable bonds is 3. The summed E-state index contributed by atoms with van der Waals surface area (Å²) in [6, 6.07) is 7.04. The van der Waals surface area contributed by atoms with Crippen molar-refractivity contribution in [2.24, 2.45) is 0 Å². The molecule has 0 unspecified atom stereocenters. The average Bonchev–Trinajstić information content (AvgIpc) is 3.25. The molecule has 1 aliphatic rings. The van der Waals surface area contributed by atoms with Crippen molar-refractivity contribution in [2.45, 2.75) is 38.0 Å². The molecule has 0 radical (unpaired) electrons. The van der Waals surface area contributed by atoms with Crippen LogP contribution in [0.3, 0.4) is 0 Å². The maximum Gasteiger partial charge on any atom is 0.209 e. The molecule has 0 bridgehead atoms. The normalized spacial score (nSPS) is 21.5. The number of anilines is 1. The molecule has 0 aliphatic heterocycles. The van der Waals surface area contributed by atoms with Crippen molar-refractivity contribution in [3.63, 3.8) is 0 Å². The van der Waals surface area contributed by atoms with Gasteiger partial charge in [-0.1, -0.05) is 29.7 Å². The predicted octanol–water partition coefficient (Wildman–Crippen LogP) is 2.37. The van der Waals surface area contributed by atoms with E-state index in [9.17, 15) is 10.2 Å². The third kappa shape index (κ3) is 3.42. The first-order valence-electron chi connectivity index (χ1n) is 9.19. The van der Waals surface area contributed by atoms with Gasteiger partial charge in [-0.25, -0.2) is 15.0 Å². The standard InChI is InChI=1S/C20H20ClN5O2/c1-2-22-19-17-20(26(11-23-17)14-8-9-15(27)18(14)28)25-16(24-19)10-7-12-5-3-4-6-13(12)21/h3-6,11,14-15,18,27-28H,2,8-9H2,1H3,(H,22,24,25)/t14-,15-,18+/m1/s1. The van der Waals surface area contributed by atoms with E-state index < -0.39 is 12.2 Å². The van der Waals surface area contributed by atoms with E-state index in [1.54, 1.807) is 17.0 Å². The Morgan fingerprint density at radius 1 is 1.21 bits per heavy atom. The highest BCUT2D eigenvalue weighted by Crippen LogP contribution is 2.33. The quantitative estimate of drug-likeness (QED) is 0.587. The lowest BCUT2D eigenvalue weighted by molar-refractivity contribution is 0.0241. The van der Waals surface area contributed by atoms with Crippen molar-refractivity contribution in [3.05, 3.63) is 47.0 Å². The lowest BCUT2D eigenvalue weighted by Gasteiger charge is -2.18. The Balaban J connectivity index is 1.80. The van der Waals surface area contributed by atoms with E-state index in [4.69, 9.17) is 11.6 Å². The first-order chi connectivity index (χ1) is 13.6. The van der Waals surface area contributed by atoms with Crippen LogP contribution in [0, 0.1) is 11.8 Å². The third-order valence-corrected chi connectivity index (χ3v) is 5.18. The molecule has 4 rings (SSSR count). The van der Waals surface area contributed by atoms with Crippen molar-refractivity contribution < 1.29 is 10.2 Å². The summed E-state index contributed by atoms with van der Waals surface area (Å²) in [5.74, 6) is 6.89. The van der Waals surface area contributed by atoms with Gasteiger partial charge in [-0.15, -0.1) is 0 Å². The summed E-state index contributed by atoms with van der Waals surface area (Å²) < 4.78 is 1.80. The number of nitrogens with one attached hydrogen (secondary N) is 1. The van der Waals surface area contributed by atoms with E-state index in [0.29, 0.717) is 52.8 Å². The monoisotopic (exact) mass is 397 g/mol. The maximum absolute atomic E-state index is 10.3. The summed E-state index contributed by atoms with van der Waals surface area (Å²) in [6.45, 7) is 2.64. The Labute approximate surface area is 167 Å². The van der Waals surface area contributed by atoms with Crippen molar-refractivity contribution in [1.82, 2.24) is 19.5 Å². The van der Waals surface area contributed by atoms with Crippen LogP contribution in [0.15, 0.2) is 30.6 Å². The number of aromatic nitrogens is 4. The molecule has 28 heavy (non-hydrogen) atoms. The summed E-state index contributed by atoms with van der Waals surface area (Å²) in [7, 11) is 0. The van der Waals surface area contributed by atoms with Crippen molar-refractivity contribution in [2.75, 3.05) is 11.9 Å². The largest absolute Gasteiger partial charge is 0.390 e. The molecule has 7 nitrogen and oxygen atoms in total. The summed E-state index contributed by atoms with van der Waals surface area (Å²) in [4.78, 5) is 13.5. The van der Waals surface area contributed by atoms with E-state index >= 15 is 0 Å². The van der Waals surface area contributed by atoms with Gasteiger partial charge in [0.2, 0.25) is 5.82 Å². The minimum Gasteiger partial charge on any atom is -0.390 e. The molecule has 3 aromatic rings. The van der Waals surface area contributed by atoms with Crippen LogP contribution in [0.5, 0.6) is 0 Å². The van der Waals surface area contributed by atoms with Gasteiger partial charge in [-0.05, 0) is 37.8 Å². The highest BCUT2D eigenvalue weighted by atomic mass is 35.5. The molecule has 2 aromatic heterocycles. The zero-order valence-electron chi connectivity index (χ0n) is 15.3. The molecule has 1 aliphatic carbocycles. The van der Waals surface area contributed by atoms with E-state index in [-0.39, 0.29) is 6.04 Å². The molecule has 2 heterocycles. The van der Waals surface area contributed by atoms with Gasteiger partial charge in [0.05, 0.1) is 23.5 Å². The SMILES string of the molecule is CCNc1nc(C#Cc2ccccc2Cl)nc2c1ncn2[C@@H]1CC[C@@H](O)[C@H]1O. The Morgan fingerprint density at radius 2 is 2.04 bits per heavy atom. The summed E-state index contributed by atoms with van der Waals surface area (Å²) >= 11 is 6.17. The second kappa shape index (κ2) is 7.76. The maximum atomic E-state index is 10.3. The number of nitrogens with zero attached hydrogens (tertiary/aromatic N) is 4. The summed E-state index contributed by atoms with van der Waals surface area (Å²) in [5.41, 5.74) is 1.88. The van der Waals surface area contributed by atoms with Crippen LogP contribution in [0.1, 0.15) is 37.2 Å². The molecule has 3 N–H and O–H groups in total. The van der Waals surface area contributed by atoms with Crippen LogP contribution < -0.4 is 5.32 Å². The second-order valence-corrected chi connectivity index (χ2v) is 7.09. The number of fused-ring (bicyclic) bond motifs is 1. The lowest BCUT2D eigenvalue weighted by atomic mass is 10.2. The fourth-order valence-electron chi connectivity index (χ4n) is 3.43. The zero-order valence-corrected chi connectivity index (χ0v) is 16.1. The highest BCUT2D eigenvalue weighted by Gasteiger charge is 2.35. The molecule has 1 fully saturated rings. The van der Waals surface area contributed by atoms with Crippen molar-refractivity contribution >= 4 is 28.6 Å². The number of imidazole rings is 1. The Morgan fingerprint density at radius 3 is 2.75 bits per heavy atom. The van der Waals surface area contributed by atoms with Gasteiger partial charge in [0.15, 0.2) is 17.0 Å². The second-order valence-electron chi connectivity index (χ2n) is 6.68. The van der Waals surface area contributed by atoms with Crippen LogP contribution in [0.4, 0.5) is 5.82 Å². The van der Waals surface area contributed by atoms with Crippen molar-refractivity contribution in [3.8, 4) is 11.8 Å². The minimum atomic E-state index is -0.854. The van der Waals surface area contributed by atoms with Gasteiger partial charge < -0.3 is 20.1 Å². The van der Waals surface area contributed by atoms with Gasteiger partial charge in [0.25, 0.3) is 0 Å². The first kappa shape index (κ1) is 18.7. The van der Waals surface area contributed by atoms with Crippen LogP contribution in [0.2, 0.25) is 5.02 Å². The zero-order chi connectivity index (χ0) is 19.7. The summed E-state index contributed by atoms with van der Waals surface area (Å²) in [5, 5.41) is 24.0. The molecule has 8 heteroatoms. The topological polar surface area (TPSA) is 96.1 Å². The van der Waals surface area contributed by atoms with E-state index in [1.165, 1.54) is 0 Å². The van der Waals surface area contributed by atoms with Crippen LogP contribution in [0.25, 0.3) is 11.2 Å². The molecule has 0 amide bonds. The lowest BCUT2D eigenvalue weighted by Crippen LogP contribution is -2.27. The van der Waals surface area contributed by atoms with E-state index in [2.05, 4.69) is 32.1 Å². The Kier molecular flexibility index (Phi) is 5.18. The number of benzene rings is 1. The molecule has 0 saturated heterocycles. The molecule has 3 atom stereocenters. The fraction of sp³-hybridized carbons (Fsp3) is 0.350. The van der Waals surface area contributed by atoms with Gasteiger partial charge in [0, 0.05) is 12.1 Å². The van der Waals surface area contributed by atoms with Gasteiger partial charge in [-0.3, -0.25) is 0 Å². The van der Waals surface area contributed by atoms with Crippen molar-refractivity contribution in [1.29, 1.82) is 0 Å². The van der Waals surface area contributed by atoms with Gasteiger partial charge >= 0.3 is 0 Å². The average molecular weight is 398 g/mol. The van der Waals surface area contributed by atoms with E-state index in [1.807, 2.05) is 25.1 Å². The smallest absolute Gasteiger partial charge is 0.209 e. The van der Waals surface area contributed by atoms with E-state index in [0.717, 1.165) is 0 Å². The fourth-order valence-corrected chi connectivity index (χ4v) is 3.62. The van der Waals surface area contributed by atoms with Crippen LogP contribution in [-0.4, -0.2) is 48.5 Å².